The van der Waals surface area contributed by atoms with Crippen LogP contribution in [-0.2, 0) is 0 Å². The molecule has 2 fully saturated rings. The number of nitrogens with zero attached hydrogens (tertiary/aromatic N) is 3. The molecule has 0 spiro atoms. The molecule has 2 N–H and O–H groups in total. The number of aromatic nitrogens is 2. The van der Waals surface area contributed by atoms with Crippen LogP contribution >= 0.6 is 0 Å². The zero-order valence-electron chi connectivity index (χ0n) is 14.0. The molecule has 2 heterocycles. The van der Waals surface area contributed by atoms with Crippen LogP contribution in [0.15, 0.2) is 18.3 Å². The monoisotopic (exact) mass is 328 g/mol. The van der Waals surface area contributed by atoms with Crippen molar-refractivity contribution in [2.24, 2.45) is 0 Å². The van der Waals surface area contributed by atoms with Gasteiger partial charge in [0, 0.05) is 37.6 Å². The number of aliphatic hydroxyl groups excluding tert-OH is 1. The second kappa shape index (κ2) is 6.18. The maximum Gasteiger partial charge on any atom is 0.256 e. The molecule has 24 heavy (non-hydrogen) atoms. The Labute approximate surface area is 141 Å². The van der Waals surface area contributed by atoms with Gasteiger partial charge in [0.05, 0.1) is 23.4 Å². The first-order valence-corrected chi connectivity index (χ1v) is 8.78. The first-order chi connectivity index (χ1) is 11.6. The molecule has 1 amide bonds. The molecule has 1 saturated heterocycles. The highest BCUT2D eigenvalue weighted by molar-refractivity contribution is 6.05. The van der Waals surface area contributed by atoms with Gasteiger partial charge in [0.2, 0.25) is 0 Å². The van der Waals surface area contributed by atoms with Gasteiger partial charge in [-0.1, -0.05) is 0 Å². The molecule has 1 aromatic carbocycles. The molecule has 0 bridgehead atoms. The second-order valence-corrected chi connectivity index (χ2v) is 7.04. The van der Waals surface area contributed by atoms with E-state index in [4.69, 9.17) is 0 Å². The summed E-state index contributed by atoms with van der Waals surface area (Å²) in [4.78, 5) is 17.2. The number of piperazine rings is 1. The van der Waals surface area contributed by atoms with E-state index in [0.717, 1.165) is 48.8 Å². The van der Waals surface area contributed by atoms with Crippen LogP contribution in [-0.4, -0.2) is 69.3 Å². The molecular formula is C18H24N4O2. The van der Waals surface area contributed by atoms with Crippen molar-refractivity contribution in [1.29, 1.82) is 0 Å². The lowest BCUT2D eigenvalue weighted by Crippen LogP contribution is -2.53. The number of amides is 1. The first kappa shape index (κ1) is 15.6. The minimum absolute atomic E-state index is 0.0690. The number of hydrogen-bond donors (Lipinski definition) is 2. The summed E-state index contributed by atoms with van der Waals surface area (Å²) in [7, 11) is 0. The number of fused-ring (bicyclic) bond motifs is 1. The average Bonchev–Trinajstić information content (AvgIpc) is 3.22. The van der Waals surface area contributed by atoms with Gasteiger partial charge in [0.25, 0.3) is 5.91 Å². The van der Waals surface area contributed by atoms with E-state index < -0.39 is 0 Å². The van der Waals surface area contributed by atoms with E-state index in [-0.39, 0.29) is 18.1 Å². The van der Waals surface area contributed by atoms with Crippen LogP contribution < -0.4 is 0 Å². The van der Waals surface area contributed by atoms with Crippen molar-refractivity contribution in [3.8, 4) is 0 Å². The summed E-state index contributed by atoms with van der Waals surface area (Å²) >= 11 is 0. The van der Waals surface area contributed by atoms with E-state index in [1.807, 2.05) is 24.0 Å². The average molecular weight is 328 g/mol. The topological polar surface area (TPSA) is 72.5 Å². The van der Waals surface area contributed by atoms with Crippen molar-refractivity contribution < 1.29 is 9.90 Å². The van der Waals surface area contributed by atoms with Crippen LogP contribution in [0, 0.1) is 6.92 Å². The Morgan fingerprint density at radius 3 is 2.75 bits per heavy atom. The van der Waals surface area contributed by atoms with Gasteiger partial charge >= 0.3 is 0 Å². The largest absolute Gasteiger partial charge is 0.391 e. The van der Waals surface area contributed by atoms with Crippen LogP contribution in [0.25, 0.3) is 10.9 Å². The highest BCUT2D eigenvalue weighted by Gasteiger charge is 2.33. The second-order valence-electron chi connectivity index (χ2n) is 7.04. The Morgan fingerprint density at radius 1 is 1.25 bits per heavy atom. The molecule has 1 saturated carbocycles. The molecule has 0 radical (unpaired) electrons. The Bertz CT molecular complexity index is 749. The zero-order chi connectivity index (χ0) is 16.7. The number of aryl methyl sites for hydroxylation is 1. The molecule has 2 aromatic rings. The number of hydrogen-bond acceptors (Lipinski definition) is 4. The van der Waals surface area contributed by atoms with E-state index in [1.54, 1.807) is 6.20 Å². The van der Waals surface area contributed by atoms with Gasteiger partial charge in [-0.25, -0.2) is 0 Å². The maximum absolute atomic E-state index is 13.0. The van der Waals surface area contributed by atoms with Gasteiger partial charge in [-0.3, -0.25) is 14.8 Å². The number of benzene rings is 1. The van der Waals surface area contributed by atoms with Gasteiger partial charge in [0.1, 0.15) is 0 Å². The predicted molar refractivity (Wildman–Crippen MR) is 92.0 cm³/mol. The molecule has 1 aromatic heterocycles. The Kier molecular flexibility index (Phi) is 4.02. The van der Waals surface area contributed by atoms with E-state index in [1.165, 1.54) is 0 Å². The molecule has 6 nitrogen and oxygen atoms in total. The molecule has 0 unspecified atom stereocenters. The minimum atomic E-state index is -0.200. The van der Waals surface area contributed by atoms with Gasteiger partial charge in [-0.05, 0) is 43.9 Å². The number of aromatic amines is 1. The van der Waals surface area contributed by atoms with Gasteiger partial charge in [-0.15, -0.1) is 0 Å². The van der Waals surface area contributed by atoms with Crippen molar-refractivity contribution >= 4 is 16.8 Å². The smallest absolute Gasteiger partial charge is 0.256 e. The molecule has 4 rings (SSSR count). The lowest BCUT2D eigenvalue weighted by atomic mass is 10.1. The molecule has 1 aliphatic carbocycles. The SMILES string of the molecule is Cc1cc(C(=O)N2CCN([C@@H]3CCC[C@@H]3O)CC2)c2[nH]ncc2c1. The van der Waals surface area contributed by atoms with E-state index in [2.05, 4.69) is 15.1 Å². The molecule has 6 heteroatoms. The van der Waals surface area contributed by atoms with Crippen molar-refractivity contribution in [1.82, 2.24) is 20.0 Å². The third kappa shape index (κ3) is 2.70. The third-order valence-electron chi connectivity index (χ3n) is 5.44. The Hall–Kier alpha value is -1.92. The summed E-state index contributed by atoms with van der Waals surface area (Å²) < 4.78 is 0. The number of carbonyl (C=O) groups is 1. The summed E-state index contributed by atoms with van der Waals surface area (Å²) in [5.74, 6) is 0.0690. The maximum atomic E-state index is 13.0. The fraction of sp³-hybridized carbons (Fsp3) is 0.556. The van der Waals surface area contributed by atoms with Crippen LogP contribution in [0.4, 0.5) is 0 Å². The predicted octanol–water partition coefficient (Wildman–Crippen LogP) is 1.54. The molecule has 2 atom stereocenters. The summed E-state index contributed by atoms with van der Waals surface area (Å²) in [6, 6.07) is 4.26. The van der Waals surface area contributed by atoms with Gasteiger partial charge < -0.3 is 10.0 Å². The lowest BCUT2D eigenvalue weighted by Gasteiger charge is -2.39. The van der Waals surface area contributed by atoms with E-state index in [9.17, 15) is 9.90 Å². The summed E-state index contributed by atoms with van der Waals surface area (Å²) in [5.41, 5.74) is 2.59. The Morgan fingerprint density at radius 2 is 2.04 bits per heavy atom. The standard InChI is InChI=1S/C18H24N4O2/c1-12-9-13-11-19-20-17(13)14(10-12)18(24)22-7-5-21(6-8-22)15-3-2-4-16(15)23/h9-11,15-16,23H,2-8H2,1H3,(H,19,20)/t15-,16+/m1/s1. The van der Waals surface area contributed by atoms with Crippen molar-refractivity contribution in [3.63, 3.8) is 0 Å². The molecule has 128 valence electrons. The third-order valence-corrected chi connectivity index (χ3v) is 5.44. The number of aliphatic hydroxyl groups is 1. The summed E-state index contributed by atoms with van der Waals surface area (Å²) in [6.45, 7) is 5.11. The van der Waals surface area contributed by atoms with Crippen molar-refractivity contribution in [2.75, 3.05) is 26.2 Å². The van der Waals surface area contributed by atoms with E-state index in [0.29, 0.717) is 18.7 Å². The Balaban J connectivity index is 1.49. The molecule has 1 aliphatic heterocycles. The van der Waals surface area contributed by atoms with Crippen LogP contribution in [0.2, 0.25) is 0 Å². The molecular weight excluding hydrogens is 304 g/mol. The van der Waals surface area contributed by atoms with Crippen molar-refractivity contribution in [2.45, 2.75) is 38.3 Å². The van der Waals surface area contributed by atoms with Gasteiger partial charge in [-0.2, -0.15) is 5.10 Å². The first-order valence-electron chi connectivity index (χ1n) is 8.78. The van der Waals surface area contributed by atoms with Crippen molar-refractivity contribution in [3.05, 3.63) is 29.5 Å². The number of H-pyrrole nitrogens is 1. The highest BCUT2D eigenvalue weighted by atomic mass is 16.3. The number of carbonyl (C=O) groups excluding carboxylic acids is 1. The quantitative estimate of drug-likeness (QED) is 0.877. The fourth-order valence-corrected chi connectivity index (χ4v) is 4.15. The van der Waals surface area contributed by atoms with Crippen LogP contribution in [0.5, 0.6) is 0 Å². The van der Waals surface area contributed by atoms with E-state index >= 15 is 0 Å². The fourth-order valence-electron chi connectivity index (χ4n) is 4.15. The highest BCUT2D eigenvalue weighted by Crippen LogP contribution is 2.26. The van der Waals surface area contributed by atoms with Gasteiger partial charge in [0.15, 0.2) is 0 Å². The van der Waals surface area contributed by atoms with Crippen LogP contribution in [0.3, 0.4) is 0 Å². The lowest BCUT2D eigenvalue weighted by molar-refractivity contribution is 0.0316. The minimum Gasteiger partial charge on any atom is -0.391 e. The zero-order valence-corrected chi connectivity index (χ0v) is 14.0. The van der Waals surface area contributed by atoms with Crippen LogP contribution in [0.1, 0.15) is 35.2 Å². The molecule has 2 aliphatic rings. The number of rotatable bonds is 2. The number of nitrogens with one attached hydrogen (secondary N) is 1. The normalized spacial score (nSPS) is 25.5. The summed E-state index contributed by atoms with van der Waals surface area (Å²) in [6.07, 6.45) is 4.64. The summed E-state index contributed by atoms with van der Waals surface area (Å²) in [5, 5.41) is 18.1.